The number of halogens is 2. The van der Waals surface area contributed by atoms with Crippen molar-refractivity contribution in [3.8, 4) is 0 Å². The molecule has 0 heterocycles. The Morgan fingerprint density at radius 2 is 1.51 bits per heavy atom. The van der Waals surface area contributed by atoms with E-state index in [0.717, 1.165) is 15.4 Å². The van der Waals surface area contributed by atoms with Crippen LogP contribution in [0, 0.1) is 6.92 Å². The van der Waals surface area contributed by atoms with Gasteiger partial charge in [0.25, 0.3) is 10.0 Å². The molecular weight excluding hydrogens is 581 g/mol. The van der Waals surface area contributed by atoms with Gasteiger partial charge in [-0.1, -0.05) is 78.2 Å². The second-order valence-corrected chi connectivity index (χ2v) is 13.7. The third-order valence-corrected chi connectivity index (χ3v) is 8.62. The molecule has 0 fully saturated rings. The molecule has 220 valence electrons. The number of carbonyl (C=O) groups is 2. The maximum Gasteiger partial charge on any atom is 0.264 e. The zero-order valence-electron chi connectivity index (χ0n) is 24.0. The fourth-order valence-corrected chi connectivity index (χ4v) is 6.31. The molecule has 0 aliphatic heterocycles. The highest BCUT2D eigenvalue weighted by Crippen LogP contribution is 2.30. The average molecular weight is 619 g/mol. The van der Waals surface area contributed by atoms with E-state index in [1.165, 1.54) is 35.2 Å². The molecule has 1 unspecified atom stereocenters. The first kappa shape index (κ1) is 32.4. The third kappa shape index (κ3) is 8.96. The summed E-state index contributed by atoms with van der Waals surface area (Å²) in [6, 6.07) is 19.5. The molecule has 0 radical (unpaired) electrons. The standard InChI is InChI=1S/C31H37Cl2N3O4S/c1-6-28(30(38)34-31(3,4)5)35(17-16-23-10-8-7-9-11-23)29(37)21-36(26-19-24(32)18-25(33)20-26)41(39,40)27-14-12-22(2)13-15-27/h7-15,18-20,28H,6,16-17,21H2,1-5H3,(H,34,38). The highest BCUT2D eigenvalue weighted by atomic mass is 35.5. The molecule has 0 saturated carbocycles. The van der Waals surface area contributed by atoms with Gasteiger partial charge in [0.05, 0.1) is 10.6 Å². The first-order chi connectivity index (χ1) is 19.2. The molecule has 3 aromatic carbocycles. The lowest BCUT2D eigenvalue weighted by Crippen LogP contribution is -2.56. The van der Waals surface area contributed by atoms with Gasteiger partial charge in [-0.05, 0) is 76.4 Å². The molecule has 0 spiro atoms. The molecule has 1 atom stereocenters. The van der Waals surface area contributed by atoms with Gasteiger partial charge in [-0.15, -0.1) is 0 Å². The summed E-state index contributed by atoms with van der Waals surface area (Å²) in [4.78, 5) is 28.9. The SMILES string of the molecule is CCC(C(=O)NC(C)(C)C)N(CCc1ccccc1)C(=O)CN(c1cc(Cl)cc(Cl)c1)S(=O)(=O)c1ccc(C)cc1. The number of aryl methyl sites for hydroxylation is 1. The number of benzene rings is 3. The van der Waals surface area contributed by atoms with E-state index in [4.69, 9.17) is 23.2 Å². The van der Waals surface area contributed by atoms with Crippen LogP contribution >= 0.6 is 23.2 Å². The first-order valence-corrected chi connectivity index (χ1v) is 15.6. The van der Waals surface area contributed by atoms with Crippen LogP contribution in [0.25, 0.3) is 0 Å². The van der Waals surface area contributed by atoms with Crippen LogP contribution in [0.5, 0.6) is 0 Å². The number of rotatable bonds is 11. The second-order valence-electron chi connectivity index (χ2n) is 10.9. The maximum absolute atomic E-state index is 14.1. The Hall–Kier alpha value is -3.07. The molecule has 1 N–H and O–H groups in total. The van der Waals surface area contributed by atoms with E-state index in [1.807, 2.05) is 65.0 Å². The molecule has 0 bridgehead atoms. The molecular formula is C31H37Cl2N3O4S. The second kappa shape index (κ2) is 13.7. The van der Waals surface area contributed by atoms with Crippen LogP contribution in [0.4, 0.5) is 5.69 Å². The van der Waals surface area contributed by atoms with Gasteiger partial charge in [0.1, 0.15) is 12.6 Å². The van der Waals surface area contributed by atoms with E-state index in [9.17, 15) is 18.0 Å². The van der Waals surface area contributed by atoms with Gasteiger partial charge >= 0.3 is 0 Å². The lowest BCUT2D eigenvalue weighted by atomic mass is 10.1. The lowest BCUT2D eigenvalue weighted by Gasteiger charge is -2.34. The summed E-state index contributed by atoms with van der Waals surface area (Å²) in [5.41, 5.74) is 1.51. The monoisotopic (exact) mass is 617 g/mol. The summed E-state index contributed by atoms with van der Waals surface area (Å²) in [7, 11) is -4.21. The average Bonchev–Trinajstić information content (AvgIpc) is 2.88. The van der Waals surface area contributed by atoms with Gasteiger partial charge in [-0.2, -0.15) is 0 Å². The van der Waals surface area contributed by atoms with E-state index in [-0.39, 0.29) is 33.1 Å². The minimum absolute atomic E-state index is 0.0142. The smallest absolute Gasteiger partial charge is 0.264 e. The highest BCUT2D eigenvalue weighted by Gasteiger charge is 2.34. The Labute approximate surface area is 253 Å². The van der Waals surface area contributed by atoms with Crippen LogP contribution in [0.2, 0.25) is 10.0 Å². The van der Waals surface area contributed by atoms with Crippen LogP contribution in [0.15, 0.2) is 77.7 Å². The van der Waals surface area contributed by atoms with Crippen LogP contribution in [0.3, 0.4) is 0 Å². The Balaban J connectivity index is 2.05. The molecule has 0 saturated heterocycles. The van der Waals surface area contributed by atoms with E-state index >= 15 is 0 Å². The number of sulfonamides is 1. The fourth-order valence-electron chi connectivity index (χ4n) is 4.40. The Morgan fingerprint density at radius 3 is 2.05 bits per heavy atom. The Morgan fingerprint density at radius 1 is 0.927 bits per heavy atom. The van der Waals surface area contributed by atoms with E-state index in [1.54, 1.807) is 12.1 Å². The number of nitrogens with one attached hydrogen (secondary N) is 1. The quantitative estimate of drug-likeness (QED) is 0.275. The summed E-state index contributed by atoms with van der Waals surface area (Å²) in [5.74, 6) is -0.830. The van der Waals surface area contributed by atoms with Crippen molar-refractivity contribution >= 4 is 50.7 Å². The molecule has 41 heavy (non-hydrogen) atoms. The van der Waals surface area contributed by atoms with Crippen LogP contribution in [-0.4, -0.2) is 49.8 Å². The predicted molar refractivity (Wildman–Crippen MR) is 166 cm³/mol. The Bertz CT molecular complexity index is 1440. The molecule has 0 aromatic heterocycles. The number of hydrogen-bond acceptors (Lipinski definition) is 4. The van der Waals surface area contributed by atoms with Gasteiger partial charge in [-0.3, -0.25) is 13.9 Å². The largest absolute Gasteiger partial charge is 0.350 e. The first-order valence-electron chi connectivity index (χ1n) is 13.4. The summed E-state index contributed by atoms with van der Waals surface area (Å²) in [5, 5.41) is 3.41. The van der Waals surface area contributed by atoms with Crippen LogP contribution in [-0.2, 0) is 26.0 Å². The molecule has 0 aliphatic rings. The van der Waals surface area contributed by atoms with E-state index < -0.39 is 34.1 Å². The van der Waals surface area contributed by atoms with Crippen molar-refractivity contribution in [2.24, 2.45) is 0 Å². The van der Waals surface area contributed by atoms with Gasteiger partial charge in [0, 0.05) is 22.1 Å². The number of anilines is 1. The van der Waals surface area contributed by atoms with Crippen molar-refractivity contribution in [1.29, 1.82) is 0 Å². The van der Waals surface area contributed by atoms with Gasteiger partial charge in [0.2, 0.25) is 11.8 Å². The molecule has 2 amide bonds. The predicted octanol–water partition coefficient (Wildman–Crippen LogP) is 6.26. The topological polar surface area (TPSA) is 86.8 Å². The van der Waals surface area contributed by atoms with Crippen molar-refractivity contribution in [3.63, 3.8) is 0 Å². The summed E-state index contributed by atoms with van der Waals surface area (Å²) < 4.78 is 28.9. The molecule has 3 aromatic rings. The van der Waals surface area contributed by atoms with Crippen molar-refractivity contribution in [3.05, 3.63) is 94.0 Å². The van der Waals surface area contributed by atoms with Gasteiger partial charge in [-0.25, -0.2) is 8.42 Å². The normalized spacial score (nSPS) is 12.5. The fraction of sp³-hybridized carbons (Fsp3) is 0.355. The lowest BCUT2D eigenvalue weighted by molar-refractivity contribution is -0.140. The van der Waals surface area contributed by atoms with Crippen molar-refractivity contribution in [2.45, 2.75) is 63.9 Å². The van der Waals surface area contributed by atoms with Crippen LogP contribution < -0.4 is 9.62 Å². The Kier molecular flexibility index (Phi) is 10.9. The highest BCUT2D eigenvalue weighted by molar-refractivity contribution is 7.92. The molecule has 0 aliphatic carbocycles. The van der Waals surface area contributed by atoms with E-state index in [2.05, 4.69) is 5.32 Å². The van der Waals surface area contributed by atoms with Crippen molar-refractivity contribution in [2.75, 3.05) is 17.4 Å². The maximum atomic E-state index is 14.1. The minimum Gasteiger partial charge on any atom is -0.350 e. The third-order valence-electron chi connectivity index (χ3n) is 6.39. The van der Waals surface area contributed by atoms with Crippen molar-refractivity contribution < 1.29 is 18.0 Å². The minimum atomic E-state index is -4.21. The summed E-state index contributed by atoms with van der Waals surface area (Å²) in [6.07, 6.45) is 0.829. The van der Waals surface area contributed by atoms with Gasteiger partial charge in [0.15, 0.2) is 0 Å². The molecule has 7 nitrogen and oxygen atoms in total. The number of hydrogen-bond donors (Lipinski definition) is 1. The summed E-state index contributed by atoms with van der Waals surface area (Å²) >= 11 is 12.5. The molecule has 3 rings (SSSR count). The number of nitrogens with zero attached hydrogens (tertiary/aromatic N) is 2. The van der Waals surface area contributed by atoms with Crippen molar-refractivity contribution in [1.82, 2.24) is 10.2 Å². The molecule has 10 heteroatoms. The zero-order valence-corrected chi connectivity index (χ0v) is 26.4. The van der Waals surface area contributed by atoms with Crippen LogP contribution in [0.1, 0.15) is 45.2 Å². The number of carbonyl (C=O) groups excluding carboxylic acids is 2. The summed E-state index contributed by atoms with van der Waals surface area (Å²) in [6.45, 7) is 8.94. The zero-order chi connectivity index (χ0) is 30.4. The van der Waals surface area contributed by atoms with E-state index in [0.29, 0.717) is 12.8 Å². The number of amides is 2. The van der Waals surface area contributed by atoms with Gasteiger partial charge < -0.3 is 10.2 Å².